The third-order valence-electron chi connectivity index (χ3n) is 3.82. The van der Waals surface area contributed by atoms with Crippen molar-refractivity contribution in [1.29, 1.82) is 0 Å². The van der Waals surface area contributed by atoms with Crippen LogP contribution in [0.15, 0.2) is 41.5 Å². The van der Waals surface area contributed by atoms with E-state index < -0.39 is 0 Å². The Hall–Kier alpha value is -3.55. The quantitative estimate of drug-likeness (QED) is 0.538. The molecule has 0 saturated carbocycles. The molecular weight excluding hydrogens is 362 g/mol. The van der Waals surface area contributed by atoms with E-state index in [2.05, 4.69) is 15.8 Å². The van der Waals surface area contributed by atoms with Gasteiger partial charge in [0, 0.05) is 23.2 Å². The molecule has 28 heavy (non-hydrogen) atoms. The normalized spacial score (nSPS) is 10.4. The summed E-state index contributed by atoms with van der Waals surface area (Å²) in [6, 6.07) is 9.95. The molecule has 0 spiro atoms. The fourth-order valence-corrected chi connectivity index (χ4v) is 2.36. The van der Waals surface area contributed by atoms with Crippen molar-refractivity contribution in [2.24, 2.45) is 5.10 Å². The zero-order valence-electron chi connectivity index (χ0n) is 16.2. The molecule has 148 valence electrons. The molecule has 0 aliphatic carbocycles. The molecule has 0 aromatic heterocycles. The van der Waals surface area contributed by atoms with E-state index in [1.165, 1.54) is 27.5 Å². The second-order valence-electron chi connectivity index (χ2n) is 5.64. The van der Waals surface area contributed by atoms with Crippen LogP contribution in [-0.4, -0.2) is 39.4 Å². The van der Waals surface area contributed by atoms with Gasteiger partial charge in [-0.15, -0.1) is 0 Å². The van der Waals surface area contributed by atoms with Gasteiger partial charge in [-0.2, -0.15) is 5.10 Å². The molecule has 8 heteroatoms. The minimum absolute atomic E-state index is 0.0906. The van der Waals surface area contributed by atoms with Gasteiger partial charge < -0.3 is 19.5 Å². The topological polar surface area (TPSA) is 98.3 Å². The van der Waals surface area contributed by atoms with E-state index in [4.69, 9.17) is 14.2 Å². The number of hydrogen-bond acceptors (Lipinski definition) is 6. The molecular formula is C20H23N3O5. The van der Waals surface area contributed by atoms with Gasteiger partial charge in [-0.05, 0) is 36.4 Å². The lowest BCUT2D eigenvalue weighted by Gasteiger charge is -2.12. The monoisotopic (exact) mass is 385 g/mol. The summed E-state index contributed by atoms with van der Waals surface area (Å²) in [4.78, 5) is 23.6. The summed E-state index contributed by atoms with van der Waals surface area (Å²) in [5, 5.41) is 6.68. The van der Waals surface area contributed by atoms with Crippen molar-refractivity contribution in [1.82, 2.24) is 5.43 Å². The fourth-order valence-electron chi connectivity index (χ4n) is 2.36. The van der Waals surface area contributed by atoms with Crippen LogP contribution in [0.2, 0.25) is 0 Å². The maximum atomic E-state index is 12.2. The molecule has 0 heterocycles. The van der Waals surface area contributed by atoms with E-state index in [9.17, 15) is 9.59 Å². The Balaban J connectivity index is 2.06. The predicted molar refractivity (Wildman–Crippen MR) is 107 cm³/mol. The molecule has 0 fully saturated rings. The fraction of sp³-hybridized carbons (Fsp3) is 0.250. The van der Waals surface area contributed by atoms with E-state index in [1.807, 2.05) is 0 Å². The van der Waals surface area contributed by atoms with Crippen LogP contribution in [0.3, 0.4) is 0 Å². The summed E-state index contributed by atoms with van der Waals surface area (Å²) >= 11 is 0. The van der Waals surface area contributed by atoms with Gasteiger partial charge in [-0.25, -0.2) is 5.43 Å². The molecule has 0 saturated heterocycles. The Labute approximate surface area is 163 Å². The summed E-state index contributed by atoms with van der Waals surface area (Å²) in [6.07, 6.45) is 1.86. The van der Waals surface area contributed by atoms with Crippen molar-refractivity contribution < 1.29 is 23.8 Å². The van der Waals surface area contributed by atoms with Crippen molar-refractivity contribution in [3.8, 4) is 17.2 Å². The van der Waals surface area contributed by atoms with Gasteiger partial charge in [-0.3, -0.25) is 9.59 Å². The second kappa shape index (κ2) is 9.96. The molecule has 0 bridgehead atoms. The smallest absolute Gasteiger partial charge is 0.271 e. The lowest BCUT2D eigenvalue weighted by atomic mass is 10.2. The summed E-state index contributed by atoms with van der Waals surface area (Å²) in [5.74, 6) is 0.976. The lowest BCUT2D eigenvalue weighted by Crippen LogP contribution is -2.17. The number of rotatable bonds is 8. The highest BCUT2D eigenvalue weighted by Gasteiger charge is 2.12. The summed E-state index contributed by atoms with van der Waals surface area (Å²) in [6.45, 7) is 1.77. The van der Waals surface area contributed by atoms with E-state index in [-0.39, 0.29) is 11.8 Å². The Kier molecular flexibility index (Phi) is 7.38. The van der Waals surface area contributed by atoms with Crippen molar-refractivity contribution in [3.63, 3.8) is 0 Å². The second-order valence-corrected chi connectivity index (χ2v) is 5.64. The number of amides is 2. The van der Waals surface area contributed by atoms with Crippen LogP contribution in [0.5, 0.6) is 17.2 Å². The first-order chi connectivity index (χ1) is 13.5. The Morgan fingerprint density at radius 1 is 1.00 bits per heavy atom. The Morgan fingerprint density at radius 2 is 1.61 bits per heavy atom. The Morgan fingerprint density at radius 3 is 2.11 bits per heavy atom. The van der Waals surface area contributed by atoms with Gasteiger partial charge in [-0.1, -0.05) is 6.92 Å². The maximum Gasteiger partial charge on any atom is 0.271 e. The van der Waals surface area contributed by atoms with Gasteiger partial charge in [0.05, 0.1) is 27.5 Å². The van der Waals surface area contributed by atoms with Gasteiger partial charge in [0.2, 0.25) is 11.7 Å². The first kappa shape index (κ1) is 20.8. The third kappa shape index (κ3) is 5.23. The van der Waals surface area contributed by atoms with Gasteiger partial charge >= 0.3 is 0 Å². The number of methoxy groups -OCH3 is 3. The van der Waals surface area contributed by atoms with Crippen LogP contribution < -0.4 is 25.0 Å². The number of anilines is 1. The minimum Gasteiger partial charge on any atom is -0.493 e. The average Bonchev–Trinajstić information content (AvgIpc) is 2.73. The zero-order valence-corrected chi connectivity index (χ0v) is 16.2. The molecule has 2 rings (SSSR count). The molecule has 2 amide bonds. The van der Waals surface area contributed by atoms with Crippen molar-refractivity contribution in [2.45, 2.75) is 13.3 Å². The van der Waals surface area contributed by atoms with Crippen LogP contribution in [0.1, 0.15) is 29.3 Å². The van der Waals surface area contributed by atoms with Crippen LogP contribution in [0.4, 0.5) is 5.69 Å². The first-order valence-electron chi connectivity index (χ1n) is 8.55. The summed E-state index contributed by atoms with van der Waals surface area (Å²) < 4.78 is 15.8. The number of hydrogen-bond donors (Lipinski definition) is 2. The molecule has 2 N–H and O–H groups in total. The lowest BCUT2D eigenvalue weighted by molar-refractivity contribution is -0.115. The number of carbonyl (C=O) groups is 2. The zero-order chi connectivity index (χ0) is 20.5. The molecule has 0 atom stereocenters. The van der Waals surface area contributed by atoms with Crippen molar-refractivity contribution >= 4 is 23.7 Å². The average molecular weight is 385 g/mol. The number of nitrogens with one attached hydrogen (secondary N) is 2. The van der Waals surface area contributed by atoms with E-state index in [0.29, 0.717) is 40.5 Å². The van der Waals surface area contributed by atoms with Crippen LogP contribution in [-0.2, 0) is 4.79 Å². The van der Waals surface area contributed by atoms with E-state index in [1.54, 1.807) is 43.3 Å². The van der Waals surface area contributed by atoms with Crippen LogP contribution in [0, 0.1) is 0 Å². The standard InChI is InChI=1S/C20H23N3O5/c1-5-18(24)22-15-8-6-14(7-9-15)20(25)23-21-12-13-10-16(26-2)19(28-4)17(11-13)27-3/h6-12H,5H2,1-4H3,(H,22,24)(H,23,25). The third-order valence-corrected chi connectivity index (χ3v) is 3.82. The van der Waals surface area contributed by atoms with Gasteiger partial charge in [0.1, 0.15) is 0 Å². The molecule has 0 aliphatic heterocycles. The number of ether oxygens (including phenoxy) is 3. The number of hydrazone groups is 1. The summed E-state index contributed by atoms with van der Waals surface area (Å²) in [5.41, 5.74) is 4.15. The molecule has 8 nitrogen and oxygen atoms in total. The summed E-state index contributed by atoms with van der Waals surface area (Å²) in [7, 11) is 4.56. The minimum atomic E-state index is -0.378. The SMILES string of the molecule is CCC(=O)Nc1ccc(C(=O)NN=Cc2cc(OC)c(OC)c(OC)c2)cc1. The van der Waals surface area contributed by atoms with Gasteiger partial charge in [0.25, 0.3) is 5.91 Å². The molecule has 0 radical (unpaired) electrons. The first-order valence-corrected chi connectivity index (χ1v) is 8.55. The predicted octanol–water partition coefficient (Wildman–Crippen LogP) is 2.82. The Bertz CT molecular complexity index is 838. The molecule has 0 aliphatic rings. The molecule has 2 aromatic rings. The van der Waals surface area contributed by atoms with Crippen LogP contribution in [0.25, 0.3) is 0 Å². The number of benzene rings is 2. The van der Waals surface area contributed by atoms with Crippen molar-refractivity contribution in [2.75, 3.05) is 26.6 Å². The van der Waals surface area contributed by atoms with Crippen molar-refractivity contribution in [3.05, 3.63) is 47.5 Å². The van der Waals surface area contributed by atoms with E-state index >= 15 is 0 Å². The largest absolute Gasteiger partial charge is 0.493 e. The molecule has 2 aromatic carbocycles. The molecule has 0 unspecified atom stereocenters. The number of nitrogens with zero attached hydrogens (tertiary/aromatic N) is 1. The van der Waals surface area contributed by atoms with E-state index in [0.717, 1.165) is 0 Å². The highest BCUT2D eigenvalue weighted by Crippen LogP contribution is 2.37. The van der Waals surface area contributed by atoms with Crippen LogP contribution >= 0.6 is 0 Å². The maximum absolute atomic E-state index is 12.2. The highest BCUT2D eigenvalue weighted by molar-refractivity contribution is 5.96. The number of carbonyl (C=O) groups excluding carboxylic acids is 2. The van der Waals surface area contributed by atoms with Gasteiger partial charge in [0.15, 0.2) is 11.5 Å². The highest BCUT2D eigenvalue weighted by atomic mass is 16.5.